The molecular weight excluding hydrogens is 334 g/mol. The van der Waals surface area contributed by atoms with Crippen LogP contribution in [-0.2, 0) is 6.42 Å². The highest BCUT2D eigenvalue weighted by Crippen LogP contribution is 2.11. The fraction of sp³-hybridized carbons (Fsp3) is 0.435. The van der Waals surface area contributed by atoms with E-state index in [2.05, 4.69) is 45.9 Å². The van der Waals surface area contributed by atoms with E-state index >= 15 is 0 Å². The standard InChI is InChI=1S/C23H31N3O/c1-19-7-9-21(10-8-19)23(27)25-15-14-24-22-12-17-26(18-13-22)16-11-20-5-3-2-4-6-20/h2-10,22,24H,11-18H2,1H3,(H,25,27). The number of hydrogen-bond acceptors (Lipinski definition) is 3. The van der Waals surface area contributed by atoms with Crippen molar-refractivity contribution in [2.45, 2.75) is 32.2 Å². The minimum absolute atomic E-state index is 0.00697. The Bertz CT molecular complexity index is 691. The lowest BCUT2D eigenvalue weighted by Gasteiger charge is -2.32. The number of carbonyl (C=O) groups excluding carboxylic acids is 1. The molecule has 4 nitrogen and oxygen atoms in total. The molecule has 0 atom stereocenters. The number of nitrogens with one attached hydrogen (secondary N) is 2. The van der Waals surface area contributed by atoms with Crippen LogP contribution in [-0.4, -0.2) is 49.6 Å². The number of piperidine rings is 1. The SMILES string of the molecule is Cc1ccc(C(=O)NCCNC2CCN(CCc3ccccc3)CC2)cc1. The predicted octanol–water partition coefficient (Wildman–Crippen LogP) is 3.02. The molecule has 0 unspecified atom stereocenters. The second kappa shape index (κ2) is 10.2. The molecule has 2 N–H and O–H groups in total. The highest BCUT2D eigenvalue weighted by molar-refractivity contribution is 5.94. The Morgan fingerprint density at radius 1 is 1.00 bits per heavy atom. The van der Waals surface area contributed by atoms with Crippen LogP contribution in [0.4, 0.5) is 0 Å². The summed E-state index contributed by atoms with van der Waals surface area (Å²) in [6.45, 7) is 6.97. The van der Waals surface area contributed by atoms with Crippen molar-refractivity contribution in [1.29, 1.82) is 0 Å². The number of benzene rings is 2. The maximum Gasteiger partial charge on any atom is 0.251 e. The smallest absolute Gasteiger partial charge is 0.251 e. The van der Waals surface area contributed by atoms with Crippen LogP contribution in [0.2, 0.25) is 0 Å². The summed E-state index contributed by atoms with van der Waals surface area (Å²) in [4.78, 5) is 14.7. The molecular formula is C23H31N3O. The second-order valence-electron chi connectivity index (χ2n) is 7.43. The van der Waals surface area contributed by atoms with Crippen molar-refractivity contribution >= 4 is 5.91 Å². The molecule has 0 aliphatic carbocycles. The number of aryl methyl sites for hydroxylation is 1. The number of rotatable bonds is 8. The van der Waals surface area contributed by atoms with Gasteiger partial charge in [0.25, 0.3) is 5.91 Å². The highest BCUT2D eigenvalue weighted by Gasteiger charge is 2.18. The van der Waals surface area contributed by atoms with Gasteiger partial charge in [-0.3, -0.25) is 4.79 Å². The zero-order valence-corrected chi connectivity index (χ0v) is 16.3. The van der Waals surface area contributed by atoms with Gasteiger partial charge in [0.2, 0.25) is 0 Å². The summed E-state index contributed by atoms with van der Waals surface area (Å²) in [5.74, 6) is 0.00697. The molecule has 0 bridgehead atoms. The first kappa shape index (κ1) is 19.6. The van der Waals surface area contributed by atoms with Gasteiger partial charge in [-0.05, 0) is 57.0 Å². The number of carbonyl (C=O) groups is 1. The third-order valence-electron chi connectivity index (χ3n) is 5.30. The monoisotopic (exact) mass is 365 g/mol. The van der Waals surface area contributed by atoms with E-state index in [1.54, 1.807) is 0 Å². The van der Waals surface area contributed by atoms with Crippen LogP contribution in [0.1, 0.15) is 34.3 Å². The Labute approximate surface area is 163 Å². The topological polar surface area (TPSA) is 44.4 Å². The van der Waals surface area contributed by atoms with E-state index in [4.69, 9.17) is 0 Å². The van der Waals surface area contributed by atoms with Crippen LogP contribution in [0.15, 0.2) is 54.6 Å². The van der Waals surface area contributed by atoms with Crippen molar-refractivity contribution in [1.82, 2.24) is 15.5 Å². The average molecular weight is 366 g/mol. The molecule has 144 valence electrons. The summed E-state index contributed by atoms with van der Waals surface area (Å²) in [6.07, 6.45) is 3.49. The average Bonchev–Trinajstić information content (AvgIpc) is 2.71. The van der Waals surface area contributed by atoms with Gasteiger partial charge in [-0.2, -0.15) is 0 Å². The van der Waals surface area contributed by atoms with Crippen molar-refractivity contribution in [2.75, 3.05) is 32.7 Å². The number of hydrogen-bond donors (Lipinski definition) is 2. The molecule has 4 heteroatoms. The summed E-state index contributed by atoms with van der Waals surface area (Å²) in [5, 5.41) is 6.58. The lowest BCUT2D eigenvalue weighted by molar-refractivity contribution is 0.0953. The summed E-state index contributed by atoms with van der Waals surface area (Å²) < 4.78 is 0. The molecule has 1 saturated heterocycles. The Kier molecular flexibility index (Phi) is 7.43. The molecule has 3 rings (SSSR count). The fourth-order valence-electron chi connectivity index (χ4n) is 3.55. The maximum atomic E-state index is 12.1. The molecule has 2 aromatic rings. The first-order chi connectivity index (χ1) is 13.2. The first-order valence-electron chi connectivity index (χ1n) is 10.1. The van der Waals surface area contributed by atoms with Crippen LogP contribution >= 0.6 is 0 Å². The Morgan fingerprint density at radius 2 is 1.70 bits per heavy atom. The molecule has 2 aromatic carbocycles. The summed E-state index contributed by atoms with van der Waals surface area (Å²) in [6, 6.07) is 19.0. The normalized spacial score (nSPS) is 15.6. The van der Waals surface area contributed by atoms with Crippen molar-refractivity contribution in [3.8, 4) is 0 Å². The van der Waals surface area contributed by atoms with Gasteiger partial charge in [0.15, 0.2) is 0 Å². The van der Waals surface area contributed by atoms with Gasteiger partial charge < -0.3 is 15.5 Å². The van der Waals surface area contributed by atoms with Crippen LogP contribution < -0.4 is 10.6 Å². The molecule has 27 heavy (non-hydrogen) atoms. The van der Waals surface area contributed by atoms with Gasteiger partial charge in [-0.1, -0.05) is 48.0 Å². The van der Waals surface area contributed by atoms with Crippen molar-refractivity contribution in [3.63, 3.8) is 0 Å². The van der Waals surface area contributed by atoms with E-state index in [1.807, 2.05) is 31.2 Å². The number of nitrogens with zero attached hydrogens (tertiary/aromatic N) is 1. The van der Waals surface area contributed by atoms with Gasteiger partial charge in [0, 0.05) is 31.2 Å². The fourth-order valence-corrected chi connectivity index (χ4v) is 3.55. The molecule has 1 amide bonds. The Hall–Kier alpha value is -2.17. The third-order valence-corrected chi connectivity index (χ3v) is 5.30. The van der Waals surface area contributed by atoms with E-state index in [0.717, 1.165) is 38.2 Å². The molecule has 0 saturated carbocycles. The lowest BCUT2D eigenvalue weighted by atomic mass is 10.0. The van der Waals surface area contributed by atoms with E-state index in [1.165, 1.54) is 24.0 Å². The largest absolute Gasteiger partial charge is 0.351 e. The summed E-state index contributed by atoms with van der Waals surface area (Å²) in [7, 11) is 0. The van der Waals surface area contributed by atoms with Crippen molar-refractivity contribution in [3.05, 3.63) is 71.3 Å². The van der Waals surface area contributed by atoms with Gasteiger partial charge in [-0.25, -0.2) is 0 Å². The van der Waals surface area contributed by atoms with E-state index in [9.17, 15) is 4.79 Å². The zero-order valence-electron chi connectivity index (χ0n) is 16.3. The summed E-state index contributed by atoms with van der Waals surface area (Å²) in [5.41, 5.74) is 3.32. The zero-order chi connectivity index (χ0) is 18.9. The molecule has 1 aliphatic rings. The predicted molar refractivity (Wildman–Crippen MR) is 111 cm³/mol. The molecule has 1 fully saturated rings. The Balaban J connectivity index is 1.27. The van der Waals surface area contributed by atoms with Crippen molar-refractivity contribution < 1.29 is 4.79 Å². The molecule has 0 spiro atoms. The maximum absolute atomic E-state index is 12.1. The minimum Gasteiger partial charge on any atom is -0.351 e. The van der Waals surface area contributed by atoms with Crippen LogP contribution in [0.25, 0.3) is 0 Å². The van der Waals surface area contributed by atoms with Gasteiger partial charge in [0.1, 0.15) is 0 Å². The van der Waals surface area contributed by atoms with E-state index < -0.39 is 0 Å². The van der Waals surface area contributed by atoms with Gasteiger partial charge >= 0.3 is 0 Å². The van der Waals surface area contributed by atoms with Crippen LogP contribution in [0.5, 0.6) is 0 Å². The Morgan fingerprint density at radius 3 is 2.41 bits per heavy atom. The summed E-state index contributed by atoms with van der Waals surface area (Å²) >= 11 is 0. The lowest BCUT2D eigenvalue weighted by Crippen LogP contribution is -2.45. The molecule has 1 heterocycles. The molecule has 0 aromatic heterocycles. The third kappa shape index (κ3) is 6.49. The van der Waals surface area contributed by atoms with Gasteiger partial charge in [0.05, 0.1) is 0 Å². The van der Waals surface area contributed by atoms with Crippen LogP contribution in [0.3, 0.4) is 0 Å². The van der Waals surface area contributed by atoms with Gasteiger partial charge in [-0.15, -0.1) is 0 Å². The van der Waals surface area contributed by atoms with E-state index in [0.29, 0.717) is 12.6 Å². The number of amides is 1. The quantitative estimate of drug-likeness (QED) is 0.707. The van der Waals surface area contributed by atoms with Crippen LogP contribution in [0, 0.1) is 6.92 Å². The molecule has 1 aliphatic heterocycles. The number of likely N-dealkylation sites (tertiary alicyclic amines) is 1. The minimum atomic E-state index is 0.00697. The first-order valence-corrected chi connectivity index (χ1v) is 10.1. The van der Waals surface area contributed by atoms with E-state index in [-0.39, 0.29) is 5.91 Å². The molecule has 0 radical (unpaired) electrons. The second-order valence-corrected chi connectivity index (χ2v) is 7.43. The highest BCUT2D eigenvalue weighted by atomic mass is 16.1. The van der Waals surface area contributed by atoms with Crippen molar-refractivity contribution in [2.24, 2.45) is 0 Å².